The van der Waals surface area contributed by atoms with Gasteiger partial charge in [0.05, 0.1) is 13.2 Å². The highest BCUT2D eigenvalue weighted by Crippen LogP contribution is 2.29. The van der Waals surface area contributed by atoms with Gasteiger partial charge in [-0.05, 0) is 55.9 Å². The van der Waals surface area contributed by atoms with Gasteiger partial charge in [0.15, 0.2) is 0 Å². The number of aryl methyl sites for hydroxylation is 2. The second-order valence-corrected chi connectivity index (χ2v) is 4.81. The van der Waals surface area contributed by atoms with E-state index in [9.17, 15) is 5.11 Å². The lowest BCUT2D eigenvalue weighted by Gasteiger charge is -2.25. The maximum absolute atomic E-state index is 9.29. The zero-order valence-electron chi connectivity index (χ0n) is 10.1. The van der Waals surface area contributed by atoms with Crippen molar-refractivity contribution in [1.29, 1.82) is 0 Å². The summed E-state index contributed by atoms with van der Waals surface area (Å²) in [4.78, 5) is 0. The van der Waals surface area contributed by atoms with Gasteiger partial charge in [0.1, 0.15) is 5.75 Å². The average Bonchev–Trinajstić information content (AvgIpc) is 2.20. The fourth-order valence-electron chi connectivity index (χ4n) is 1.97. The molecule has 2 rings (SSSR count). The van der Waals surface area contributed by atoms with E-state index in [-0.39, 0.29) is 6.61 Å². The number of hydrogen-bond donors (Lipinski definition) is 1. The van der Waals surface area contributed by atoms with Crippen molar-refractivity contribution in [3.05, 3.63) is 28.8 Å². The Balaban J connectivity index is 2.08. The molecule has 0 aliphatic heterocycles. The third-order valence-electron chi connectivity index (χ3n) is 3.55. The molecule has 0 spiro atoms. The minimum atomic E-state index is 0.0567. The minimum absolute atomic E-state index is 0.0567. The number of aliphatic hydroxyl groups is 1. The molecule has 2 nitrogen and oxygen atoms in total. The first-order valence-electron chi connectivity index (χ1n) is 6.04. The quantitative estimate of drug-likeness (QED) is 0.845. The third kappa shape index (κ3) is 2.38. The molecule has 0 aromatic heterocycles. The Bertz CT molecular complexity index is 367. The molecule has 1 aromatic rings. The normalized spacial score (nSPS) is 15.9. The van der Waals surface area contributed by atoms with E-state index in [0.717, 1.165) is 23.8 Å². The van der Waals surface area contributed by atoms with E-state index in [1.165, 1.54) is 30.4 Å². The first-order chi connectivity index (χ1) is 7.70. The summed E-state index contributed by atoms with van der Waals surface area (Å²) in [5.41, 5.74) is 3.34. The highest BCUT2D eigenvalue weighted by molar-refractivity contribution is 5.41. The van der Waals surface area contributed by atoms with Crippen LogP contribution in [0.2, 0.25) is 0 Å². The van der Waals surface area contributed by atoms with Gasteiger partial charge in [-0.15, -0.1) is 0 Å². The zero-order chi connectivity index (χ0) is 11.5. The molecule has 1 fully saturated rings. The van der Waals surface area contributed by atoms with Gasteiger partial charge < -0.3 is 9.84 Å². The van der Waals surface area contributed by atoms with Gasteiger partial charge in [0.2, 0.25) is 0 Å². The van der Waals surface area contributed by atoms with Crippen molar-refractivity contribution in [1.82, 2.24) is 0 Å². The van der Waals surface area contributed by atoms with Crippen LogP contribution in [0.1, 0.15) is 36.0 Å². The molecule has 0 heterocycles. The summed E-state index contributed by atoms with van der Waals surface area (Å²) < 4.78 is 5.81. The van der Waals surface area contributed by atoms with Gasteiger partial charge in [-0.25, -0.2) is 0 Å². The van der Waals surface area contributed by atoms with Crippen molar-refractivity contribution in [2.24, 2.45) is 5.92 Å². The first-order valence-corrected chi connectivity index (χ1v) is 6.04. The lowest BCUT2D eigenvalue weighted by atomic mass is 9.86. The Morgan fingerprint density at radius 3 is 2.50 bits per heavy atom. The Hall–Kier alpha value is -1.02. The van der Waals surface area contributed by atoms with Crippen LogP contribution in [0.5, 0.6) is 5.75 Å². The summed E-state index contributed by atoms with van der Waals surface area (Å²) in [6.45, 7) is 4.99. The molecule has 1 aromatic carbocycles. The maximum Gasteiger partial charge on any atom is 0.125 e. The predicted octanol–water partition coefficient (Wildman–Crippen LogP) is 2.97. The Labute approximate surface area is 97.3 Å². The molecular weight excluding hydrogens is 200 g/mol. The lowest BCUT2D eigenvalue weighted by molar-refractivity contribution is 0.175. The topological polar surface area (TPSA) is 29.5 Å². The summed E-state index contributed by atoms with van der Waals surface area (Å²) in [5.74, 6) is 1.59. The van der Waals surface area contributed by atoms with Crippen LogP contribution in [-0.4, -0.2) is 11.7 Å². The Morgan fingerprint density at radius 2 is 1.94 bits per heavy atom. The predicted molar refractivity (Wildman–Crippen MR) is 64.7 cm³/mol. The molecular formula is C14H20O2. The third-order valence-corrected chi connectivity index (χ3v) is 3.55. The van der Waals surface area contributed by atoms with Crippen LogP contribution in [0.25, 0.3) is 0 Å². The molecule has 0 radical (unpaired) electrons. The average molecular weight is 220 g/mol. The van der Waals surface area contributed by atoms with Crippen LogP contribution in [-0.2, 0) is 6.61 Å². The fraction of sp³-hybridized carbons (Fsp3) is 0.571. The van der Waals surface area contributed by atoms with Crippen LogP contribution in [0.3, 0.4) is 0 Å². The number of ether oxygens (including phenoxy) is 1. The maximum atomic E-state index is 9.29. The monoisotopic (exact) mass is 220 g/mol. The number of rotatable bonds is 4. The van der Waals surface area contributed by atoms with E-state index in [2.05, 4.69) is 13.8 Å². The molecule has 88 valence electrons. The summed E-state index contributed by atoms with van der Waals surface area (Å²) in [6.07, 6.45) is 3.92. The van der Waals surface area contributed by atoms with Crippen LogP contribution in [0.15, 0.2) is 12.1 Å². The van der Waals surface area contributed by atoms with Crippen molar-refractivity contribution in [3.8, 4) is 5.75 Å². The Kier molecular flexibility index (Phi) is 3.49. The van der Waals surface area contributed by atoms with Crippen molar-refractivity contribution >= 4 is 0 Å². The van der Waals surface area contributed by atoms with Gasteiger partial charge in [-0.2, -0.15) is 0 Å². The molecule has 2 heteroatoms. The van der Waals surface area contributed by atoms with Crippen molar-refractivity contribution in [2.75, 3.05) is 6.61 Å². The molecule has 1 aliphatic carbocycles. The van der Waals surface area contributed by atoms with Gasteiger partial charge in [-0.3, -0.25) is 0 Å². The Morgan fingerprint density at radius 1 is 1.25 bits per heavy atom. The largest absolute Gasteiger partial charge is 0.493 e. The SMILES string of the molecule is Cc1cc(CO)c(OCC2CCC2)cc1C. The molecule has 0 bridgehead atoms. The van der Waals surface area contributed by atoms with Crippen LogP contribution < -0.4 is 4.74 Å². The minimum Gasteiger partial charge on any atom is -0.493 e. The highest BCUT2D eigenvalue weighted by atomic mass is 16.5. The van der Waals surface area contributed by atoms with E-state index in [1.807, 2.05) is 12.1 Å². The summed E-state index contributed by atoms with van der Waals surface area (Å²) in [6, 6.07) is 4.06. The zero-order valence-corrected chi connectivity index (χ0v) is 10.1. The number of aliphatic hydroxyl groups excluding tert-OH is 1. The van der Waals surface area contributed by atoms with Crippen LogP contribution >= 0.6 is 0 Å². The molecule has 1 saturated carbocycles. The van der Waals surface area contributed by atoms with E-state index >= 15 is 0 Å². The van der Waals surface area contributed by atoms with E-state index in [0.29, 0.717) is 0 Å². The van der Waals surface area contributed by atoms with Gasteiger partial charge >= 0.3 is 0 Å². The van der Waals surface area contributed by atoms with E-state index in [1.54, 1.807) is 0 Å². The van der Waals surface area contributed by atoms with Crippen molar-refractivity contribution in [2.45, 2.75) is 39.7 Å². The number of hydrogen-bond acceptors (Lipinski definition) is 2. The van der Waals surface area contributed by atoms with Gasteiger partial charge in [0, 0.05) is 5.56 Å². The van der Waals surface area contributed by atoms with Gasteiger partial charge in [-0.1, -0.05) is 6.42 Å². The summed E-state index contributed by atoms with van der Waals surface area (Å²) >= 11 is 0. The molecule has 0 amide bonds. The standard InChI is InChI=1S/C14H20O2/c1-10-6-13(8-15)14(7-11(10)2)16-9-12-4-3-5-12/h6-7,12,15H,3-5,8-9H2,1-2H3. The van der Waals surface area contributed by atoms with E-state index in [4.69, 9.17) is 4.74 Å². The second-order valence-electron chi connectivity index (χ2n) is 4.81. The molecule has 0 unspecified atom stereocenters. The fourth-order valence-corrected chi connectivity index (χ4v) is 1.97. The smallest absolute Gasteiger partial charge is 0.125 e. The molecule has 0 saturated heterocycles. The molecule has 0 atom stereocenters. The van der Waals surface area contributed by atoms with Crippen LogP contribution in [0, 0.1) is 19.8 Å². The van der Waals surface area contributed by atoms with E-state index < -0.39 is 0 Å². The molecule has 16 heavy (non-hydrogen) atoms. The van der Waals surface area contributed by atoms with Crippen molar-refractivity contribution < 1.29 is 9.84 Å². The molecule has 1 aliphatic rings. The summed E-state index contributed by atoms with van der Waals surface area (Å²) in [7, 11) is 0. The van der Waals surface area contributed by atoms with Crippen LogP contribution in [0.4, 0.5) is 0 Å². The van der Waals surface area contributed by atoms with Gasteiger partial charge in [0.25, 0.3) is 0 Å². The first kappa shape index (κ1) is 11.5. The van der Waals surface area contributed by atoms with Crippen molar-refractivity contribution in [3.63, 3.8) is 0 Å². The lowest BCUT2D eigenvalue weighted by Crippen LogP contribution is -2.19. The summed E-state index contributed by atoms with van der Waals surface area (Å²) in [5, 5.41) is 9.29. The highest BCUT2D eigenvalue weighted by Gasteiger charge is 2.18. The second kappa shape index (κ2) is 4.88. The number of benzene rings is 1. The molecule has 1 N–H and O–H groups in total.